The molecule has 7 nitrogen and oxygen atoms in total. The van der Waals surface area contributed by atoms with Gasteiger partial charge in [0.05, 0.1) is 19.2 Å². The lowest BCUT2D eigenvalue weighted by Crippen LogP contribution is -2.48. The molecule has 0 N–H and O–H groups in total. The van der Waals surface area contributed by atoms with Crippen molar-refractivity contribution < 1.29 is 4.74 Å². The third kappa shape index (κ3) is 4.21. The summed E-state index contributed by atoms with van der Waals surface area (Å²) in [6, 6.07) is 17.7. The number of rotatable bonds is 6. The van der Waals surface area contributed by atoms with Crippen molar-refractivity contribution in [1.82, 2.24) is 25.1 Å². The standard InChI is InChI=1S/C25H32N6O/c1-19-7-9-20(10-8-19)24(25-26-27-28-31(25)22-5-3-4-6-22)30-17-15-29(16-18-30)21-11-13-23(32-2)14-12-21/h7-14,22,24H,3-6,15-18H2,1-2H3. The van der Waals surface area contributed by atoms with Gasteiger partial charge in [0, 0.05) is 31.9 Å². The Morgan fingerprint density at radius 3 is 2.25 bits per heavy atom. The number of methoxy groups -OCH3 is 1. The molecule has 3 aromatic rings. The second kappa shape index (κ2) is 9.28. The fraction of sp³-hybridized carbons (Fsp3) is 0.480. The van der Waals surface area contributed by atoms with E-state index in [1.807, 2.05) is 12.1 Å². The number of hydrogen-bond donors (Lipinski definition) is 0. The molecule has 1 atom stereocenters. The van der Waals surface area contributed by atoms with Crippen LogP contribution in [0.15, 0.2) is 48.5 Å². The van der Waals surface area contributed by atoms with E-state index in [2.05, 4.69) is 73.3 Å². The van der Waals surface area contributed by atoms with E-state index in [0.29, 0.717) is 6.04 Å². The topological polar surface area (TPSA) is 59.3 Å². The Balaban J connectivity index is 1.39. The zero-order chi connectivity index (χ0) is 21.9. The Morgan fingerprint density at radius 1 is 0.906 bits per heavy atom. The maximum absolute atomic E-state index is 5.31. The number of anilines is 1. The fourth-order valence-electron chi connectivity index (χ4n) is 5.09. The number of hydrogen-bond acceptors (Lipinski definition) is 6. The van der Waals surface area contributed by atoms with E-state index in [-0.39, 0.29) is 6.04 Å². The first kappa shape index (κ1) is 20.9. The molecule has 1 unspecified atom stereocenters. The molecule has 0 spiro atoms. The van der Waals surface area contributed by atoms with E-state index in [0.717, 1.165) is 37.8 Å². The van der Waals surface area contributed by atoms with Crippen molar-refractivity contribution in [3.8, 4) is 5.75 Å². The van der Waals surface area contributed by atoms with Gasteiger partial charge in [-0.05, 0) is 60.0 Å². The molecule has 0 radical (unpaired) electrons. The predicted molar refractivity (Wildman–Crippen MR) is 125 cm³/mol. The molecular weight excluding hydrogens is 400 g/mol. The molecule has 2 fully saturated rings. The van der Waals surface area contributed by atoms with E-state index in [4.69, 9.17) is 4.74 Å². The first-order valence-electron chi connectivity index (χ1n) is 11.7. The number of piperazine rings is 1. The van der Waals surface area contributed by atoms with E-state index in [1.165, 1.54) is 42.5 Å². The second-order valence-electron chi connectivity index (χ2n) is 8.95. The quantitative estimate of drug-likeness (QED) is 0.586. The number of ether oxygens (including phenoxy) is 1. The molecule has 1 saturated carbocycles. The van der Waals surface area contributed by atoms with Crippen LogP contribution in [0.5, 0.6) is 5.75 Å². The molecule has 1 saturated heterocycles. The smallest absolute Gasteiger partial charge is 0.173 e. The lowest BCUT2D eigenvalue weighted by molar-refractivity contribution is 0.197. The molecule has 2 heterocycles. The van der Waals surface area contributed by atoms with Gasteiger partial charge in [-0.25, -0.2) is 4.68 Å². The zero-order valence-electron chi connectivity index (χ0n) is 19.0. The van der Waals surface area contributed by atoms with Crippen LogP contribution in [0.4, 0.5) is 5.69 Å². The second-order valence-corrected chi connectivity index (χ2v) is 8.95. The molecule has 0 bridgehead atoms. The Hall–Kier alpha value is -2.93. The summed E-state index contributed by atoms with van der Waals surface area (Å²) >= 11 is 0. The highest BCUT2D eigenvalue weighted by molar-refractivity contribution is 5.49. The van der Waals surface area contributed by atoms with Crippen LogP contribution in [0.2, 0.25) is 0 Å². The van der Waals surface area contributed by atoms with Crippen LogP contribution in [0.1, 0.15) is 54.7 Å². The minimum Gasteiger partial charge on any atom is -0.497 e. The van der Waals surface area contributed by atoms with E-state index >= 15 is 0 Å². The van der Waals surface area contributed by atoms with Crippen LogP contribution in [-0.2, 0) is 0 Å². The van der Waals surface area contributed by atoms with Gasteiger partial charge in [-0.1, -0.05) is 42.7 Å². The Kier molecular flexibility index (Phi) is 6.08. The maximum Gasteiger partial charge on any atom is 0.173 e. The van der Waals surface area contributed by atoms with Crippen LogP contribution in [-0.4, -0.2) is 58.4 Å². The molecule has 2 aromatic carbocycles. The van der Waals surface area contributed by atoms with E-state index in [9.17, 15) is 0 Å². The Bertz CT molecular complexity index is 1000. The number of benzene rings is 2. The predicted octanol–water partition coefficient (Wildman–Crippen LogP) is 4.02. The van der Waals surface area contributed by atoms with E-state index < -0.39 is 0 Å². The number of aromatic nitrogens is 4. The summed E-state index contributed by atoms with van der Waals surface area (Å²) in [6.45, 7) is 6.00. The minimum absolute atomic E-state index is 0.0733. The minimum atomic E-state index is 0.0733. The number of aryl methyl sites for hydroxylation is 1. The Morgan fingerprint density at radius 2 is 1.59 bits per heavy atom. The third-order valence-corrected chi connectivity index (χ3v) is 6.94. The van der Waals surface area contributed by atoms with Gasteiger partial charge in [-0.2, -0.15) is 0 Å². The SMILES string of the molecule is COc1ccc(N2CCN(C(c3ccc(C)cc3)c3nnnn3C3CCCC3)CC2)cc1. The molecule has 2 aliphatic rings. The summed E-state index contributed by atoms with van der Waals surface area (Å²) in [6.07, 6.45) is 4.87. The van der Waals surface area contributed by atoms with Gasteiger partial charge < -0.3 is 9.64 Å². The number of tetrazole rings is 1. The molecule has 5 rings (SSSR count). The summed E-state index contributed by atoms with van der Waals surface area (Å²) in [5.41, 5.74) is 3.78. The van der Waals surface area contributed by atoms with Crippen LogP contribution >= 0.6 is 0 Å². The van der Waals surface area contributed by atoms with Crippen molar-refractivity contribution in [2.75, 3.05) is 38.2 Å². The largest absolute Gasteiger partial charge is 0.497 e. The average Bonchev–Trinajstić information content (AvgIpc) is 3.53. The first-order valence-corrected chi connectivity index (χ1v) is 11.7. The van der Waals surface area contributed by atoms with Crippen molar-refractivity contribution in [2.24, 2.45) is 0 Å². The highest BCUT2D eigenvalue weighted by Gasteiger charge is 2.33. The van der Waals surface area contributed by atoms with Crippen molar-refractivity contribution in [1.29, 1.82) is 0 Å². The van der Waals surface area contributed by atoms with Gasteiger partial charge in [0.25, 0.3) is 0 Å². The molecule has 1 aliphatic carbocycles. The first-order chi connectivity index (χ1) is 15.7. The summed E-state index contributed by atoms with van der Waals surface area (Å²) in [5.74, 6) is 1.88. The molecule has 1 aliphatic heterocycles. The monoisotopic (exact) mass is 432 g/mol. The highest BCUT2D eigenvalue weighted by Crippen LogP contribution is 2.35. The maximum atomic E-state index is 5.31. The Labute approximate surface area is 190 Å². The van der Waals surface area contributed by atoms with Crippen LogP contribution in [0, 0.1) is 6.92 Å². The molecule has 32 heavy (non-hydrogen) atoms. The highest BCUT2D eigenvalue weighted by atomic mass is 16.5. The van der Waals surface area contributed by atoms with Crippen molar-refractivity contribution >= 4 is 5.69 Å². The van der Waals surface area contributed by atoms with Crippen molar-refractivity contribution in [3.05, 3.63) is 65.5 Å². The number of nitrogens with zero attached hydrogens (tertiary/aromatic N) is 6. The van der Waals surface area contributed by atoms with Gasteiger partial charge in [0.1, 0.15) is 5.75 Å². The van der Waals surface area contributed by atoms with Crippen molar-refractivity contribution in [3.63, 3.8) is 0 Å². The van der Waals surface area contributed by atoms with Gasteiger partial charge in [0.15, 0.2) is 5.82 Å². The average molecular weight is 433 g/mol. The summed E-state index contributed by atoms with van der Waals surface area (Å²) in [4.78, 5) is 4.99. The van der Waals surface area contributed by atoms with Crippen LogP contribution < -0.4 is 9.64 Å². The van der Waals surface area contributed by atoms with Gasteiger partial charge in [0.2, 0.25) is 0 Å². The summed E-state index contributed by atoms with van der Waals surface area (Å²) in [5, 5.41) is 13.1. The molecule has 7 heteroatoms. The van der Waals surface area contributed by atoms with Crippen molar-refractivity contribution in [2.45, 2.75) is 44.7 Å². The zero-order valence-corrected chi connectivity index (χ0v) is 19.0. The van der Waals surface area contributed by atoms with Gasteiger partial charge in [-0.3, -0.25) is 4.90 Å². The molecule has 0 amide bonds. The molecular formula is C25H32N6O. The summed E-state index contributed by atoms with van der Waals surface area (Å²) in [7, 11) is 1.71. The fourth-order valence-corrected chi connectivity index (χ4v) is 5.09. The van der Waals surface area contributed by atoms with Gasteiger partial charge in [-0.15, -0.1) is 5.10 Å². The lowest BCUT2D eigenvalue weighted by Gasteiger charge is -2.40. The van der Waals surface area contributed by atoms with Crippen LogP contribution in [0.25, 0.3) is 0 Å². The molecule has 168 valence electrons. The summed E-state index contributed by atoms with van der Waals surface area (Å²) < 4.78 is 7.43. The third-order valence-electron chi connectivity index (χ3n) is 6.94. The van der Waals surface area contributed by atoms with Crippen LogP contribution in [0.3, 0.4) is 0 Å². The van der Waals surface area contributed by atoms with Gasteiger partial charge >= 0.3 is 0 Å². The van der Waals surface area contributed by atoms with E-state index in [1.54, 1.807) is 7.11 Å². The lowest BCUT2D eigenvalue weighted by atomic mass is 10.0. The normalized spacial score (nSPS) is 18.8. The molecule has 1 aromatic heterocycles.